The van der Waals surface area contributed by atoms with Crippen LogP contribution in [0.1, 0.15) is 53.9 Å². The molecule has 0 aliphatic carbocycles. The van der Waals surface area contributed by atoms with E-state index in [-0.39, 0.29) is 5.97 Å². The van der Waals surface area contributed by atoms with Crippen LogP contribution in [-0.4, -0.2) is 42.6 Å². The fourth-order valence-corrected chi connectivity index (χ4v) is 2.17. The van der Waals surface area contributed by atoms with Gasteiger partial charge in [0.15, 0.2) is 0 Å². The summed E-state index contributed by atoms with van der Waals surface area (Å²) in [6.45, 7) is 12.9. The fourth-order valence-electron chi connectivity index (χ4n) is 2.17. The third-order valence-corrected chi connectivity index (χ3v) is 3.37. The van der Waals surface area contributed by atoms with Gasteiger partial charge in [0, 0.05) is 12.6 Å². The lowest BCUT2D eigenvalue weighted by Gasteiger charge is -2.28. The van der Waals surface area contributed by atoms with Gasteiger partial charge in [0.25, 0.3) is 0 Å². The van der Waals surface area contributed by atoms with E-state index in [1.165, 1.54) is 7.11 Å². The number of hydrogen-bond donors (Lipinski definition) is 1. The Morgan fingerprint density at radius 3 is 2.26 bits per heavy atom. The summed E-state index contributed by atoms with van der Waals surface area (Å²) in [7, 11) is 1.39. The van der Waals surface area contributed by atoms with Crippen molar-refractivity contribution in [1.82, 2.24) is 4.90 Å². The van der Waals surface area contributed by atoms with Gasteiger partial charge in [-0.1, -0.05) is 13.8 Å². The van der Waals surface area contributed by atoms with Crippen LogP contribution in [0.2, 0.25) is 0 Å². The average Bonchev–Trinajstić information content (AvgIpc) is 2.31. The summed E-state index contributed by atoms with van der Waals surface area (Å²) in [6.07, 6.45) is 2.69. The summed E-state index contributed by atoms with van der Waals surface area (Å²) in [5, 5.41) is 0. The molecule has 0 spiro atoms. The Hall–Kier alpha value is -0.610. The molecule has 0 saturated carbocycles. The molecule has 1 unspecified atom stereocenters. The van der Waals surface area contributed by atoms with Gasteiger partial charge in [0.1, 0.15) is 5.54 Å². The number of unbranched alkanes of at least 4 members (excludes halogenated alkanes) is 1. The standard InChI is InChI=1S/C15H32N2O2/c1-12(2)11-17(13(3)4)10-8-7-9-15(5,16)14(18)19-6/h12-13H,7-11,16H2,1-6H3. The van der Waals surface area contributed by atoms with Crippen LogP contribution < -0.4 is 5.73 Å². The van der Waals surface area contributed by atoms with Crippen molar-refractivity contribution in [2.45, 2.75) is 65.5 Å². The highest BCUT2D eigenvalue weighted by Crippen LogP contribution is 2.14. The van der Waals surface area contributed by atoms with Crippen LogP contribution in [0.15, 0.2) is 0 Å². The molecule has 0 aliphatic rings. The number of hydrogen-bond acceptors (Lipinski definition) is 4. The lowest BCUT2D eigenvalue weighted by atomic mass is 9.96. The zero-order chi connectivity index (χ0) is 15.1. The van der Waals surface area contributed by atoms with Crippen LogP contribution in [0.4, 0.5) is 0 Å². The predicted octanol–water partition coefficient (Wildman–Crippen LogP) is 2.41. The normalized spacial score (nSPS) is 15.1. The third-order valence-electron chi connectivity index (χ3n) is 3.37. The Bertz CT molecular complexity index is 263. The van der Waals surface area contributed by atoms with Gasteiger partial charge in [0.2, 0.25) is 0 Å². The number of carbonyl (C=O) groups is 1. The van der Waals surface area contributed by atoms with E-state index in [0.717, 1.165) is 25.9 Å². The largest absolute Gasteiger partial charge is 0.468 e. The SMILES string of the molecule is COC(=O)C(C)(N)CCCCN(CC(C)C)C(C)C. The van der Waals surface area contributed by atoms with Crippen LogP contribution in [0.25, 0.3) is 0 Å². The molecule has 0 rings (SSSR count). The van der Waals surface area contributed by atoms with Gasteiger partial charge < -0.3 is 15.4 Å². The van der Waals surface area contributed by atoms with E-state index in [1.54, 1.807) is 6.92 Å². The van der Waals surface area contributed by atoms with Crippen molar-refractivity contribution in [3.63, 3.8) is 0 Å². The number of nitrogens with two attached hydrogens (primary N) is 1. The van der Waals surface area contributed by atoms with Crippen LogP contribution in [0.5, 0.6) is 0 Å². The molecule has 1 atom stereocenters. The van der Waals surface area contributed by atoms with E-state index in [0.29, 0.717) is 18.4 Å². The van der Waals surface area contributed by atoms with Crippen molar-refractivity contribution in [1.29, 1.82) is 0 Å². The first kappa shape index (κ1) is 18.4. The number of ether oxygens (including phenoxy) is 1. The van der Waals surface area contributed by atoms with E-state index in [9.17, 15) is 4.79 Å². The summed E-state index contributed by atoms with van der Waals surface area (Å²) >= 11 is 0. The van der Waals surface area contributed by atoms with E-state index in [1.807, 2.05) is 0 Å². The maximum Gasteiger partial charge on any atom is 0.325 e. The molecule has 0 aromatic rings. The molecule has 0 amide bonds. The second-order valence-corrected chi connectivity index (χ2v) is 6.35. The van der Waals surface area contributed by atoms with Crippen molar-refractivity contribution in [2.24, 2.45) is 11.7 Å². The molecule has 114 valence electrons. The van der Waals surface area contributed by atoms with E-state index < -0.39 is 5.54 Å². The van der Waals surface area contributed by atoms with Crippen molar-refractivity contribution < 1.29 is 9.53 Å². The molecule has 19 heavy (non-hydrogen) atoms. The molecule has 0 aliphatic heterocycles. The highest BCUT2D eigenvalue weighted by molar-refractivity contribution is 5.79. The Labute approximate surface area is 118 Å². The summed E-state index contributed by atoms with van der Waals surface area (Å²) in [6, 6.07) is 0.562. The minimum Gasteiger partial charge on any atom is -0.468 e. The number of methoxy groups -OCH3 is 1. The smallest absolute Gasteiger partial charge is 0.325 e. The zero-order valence-electron chi connectivity index (χ0n) is 13.5. The molecule has 4 nitrogen and oxygen atoms in total. The van der Waals surface area contributed by atoms with Gasteiger partial charge in [0.05, 0.1) is 7.11 Å². The highest BCUT2D eigenvalue weighted by Gasteiger charge is 2.28. The molecule has 0 radical (unpaired) electrons. The molecular formula is C15H32N2O2. The van der Waals surface area contributed by atoms with Crippen molar-refractivity contribution in [2.75, 3.05) is 20.2 Å². The van der Waals surface area contributed by atoms with Crippen molar-refractivity contribution in [3.8, 4) is 0 Å². The molecule has 4 heteroatoms. The van der Waals surface area contributed by atoms with Gasteiger partial charge in [-0.05, 0) is 52.5 Å². The van der Waals surface area contributed by atoms with Gasteiger partial charge in [-0.2, -0.15) is 0 Å². The van der Waals surface area contributed by atoms with Crippen molar-refractivity contribution in [3.05, 3.63) is 0 Å². The lowest BCUT2D eigenvalue weighted by molar-refractivity contribution is -0.146. The van der Waals surface area contributed by atoms with Crippen LogP contribution >= 0.6 is 0 Å². The molecule has 0 saturated heterocycles. The summed E-state index contributed by atoms with van der Waals surface area (Å²) < 4.78 is 4.71. The van der Waals surface area contributed by atoms with E-state index >= 15 is 0 Å². The zero-order valence-corrected chi connectivity index (χ0v) is 13.5. The number of esters is 1. The van der Waals surface area contributed by atoms with Crippen LogP contribution in [0, 0.1) is 5.92 Å². The maximum absolute atomic E-state index is 11.5. The number of carbonyl (C=O) groups excluding carboxylic acids is 1. The third kappa shape index (κ3) is 7.53. The number of rotatable bonds is 9. The molecule has 0 aromatic carbocycles. The summed E-state index contributed by atoms with van der Waals surface area (Å²) in [5.74, 6) is 0.354. The first-order chi connectivity index (χ1) is 8.70. The fraction of sp³-hybridized carbons (Fsp3) is 0.933. The Balaban J connectivity index is 4.04. The first-order valence-electron chi connectivity index (χ1n) is 7.32. The molecule has 0 heterocycles. The minimum absolute atomic E-state index is 0.324. The van der Waals surface area contributed by atoms with Gasteiger partial charge in [-0.15, -0.1) is 0 Å². The second kappa shape index (κ2) is 8.54. The first-order valence-corrected chi connectivity index (χ1v) is 7.32. The maximum atomic E-state index is 11.5. The van der Waals surface area contributed by atoms with E-state index in [4.69, 9.17) is 10.5 Å². The molecule has 2 N–H and O–H groups in total. The van der Waals surface area contributed by atoms with Gasteiger partial charge in [-0.3, -0.25) is 4.79 Å². The van der Waals surface area contributed by atoms with Crippen LogP contribution in [0.3, 0.4) is 0 Å². The van der Waals surface area contributed by atoms with Gasteiger partial charge in [-0.25, -0.2) is 0 Å². The average molecular weight is 272 g/mol. The van der Waals surface area contributed by atoms with Crippen molar-refractivity contribution >= 4 is 5.97 Å². The summed E-state index contributed by atoms with van der Waals surface area (Å²) in [4.78, 5) is 13.9. The van der Waals surface area contributed by atoms with Gasteiger partial charge >= 0.3 is 5.97 Å². The molecule has 0 aromatic heterocycles. The van der Waals surface area contributed by atoms with Crippen LogP contribution in [-0.2, 0) is 9.53 Å². The minimum atomic E-state index is -0.852. The molecule has 0 fully saturated rings. The topological polar surface area (TPSA) is 55.6 Å². The summed E-state index contributed by atoms with van der Waals surface area (Å²) in [5.41, 5.74) is 5.09. The lowest BCUT2D eigenvalue weighted by Crippen LogP contribution is -2.45. The van der Waals surface area contributed by atoms with E-state index in [2.05, 4.69) is 32.6 Å². The molecule has 0 bridgehead atoms. The second-order valence-electron chi connectivity index (χ2n) is 6.35. The quantitative estimate of drug-likeness (QED) is 0.517. The Morgan fingerprint density at radius 2 is 1.84 bits per heavy atom. The monoisotopic (exact) mass is 272 g/mol. The number of nitrogens with zero attached hydrogens (tertiary/aromatic N) is 1. The Morgan fingerprint density at radius 1 is 1.26 bits per heavy atom. The Kier molecular flexibility index (Phi) is 8.26. The highest BCUT2D eigenvalue weighted by atomic mass is 16.5. The molecular weight excluding hydrogens is 240 g/mol. The predicted molar refractivity (Wildman–Crippen MR) is 80.0 cm³/mol.